The van der Waals surface area contributed by atoms with Crippen LogP contribution in [0, 0.1) is 5.82 Å². The number of hydrogen-bond donors (Lipinski definition) is 2. The topological polar surface area (TPSA) is 95.6 Å². The molecular formula is C25H24FN3O4S. The number of anilines is 1. The maximum atomic E-state index is 13.9. The van der Waals surface area contributed by atoms with Gasteiger partial charge in [-0.3, -0.25) is 14.3 Å². The molecule has 9 heteroatoms. The van der Waals surface area contributed by atoms with Crippen molar-refractivity contribution in [1.82, 2.24) is 10.2 Å². The molecule has 0 radical (unpaired) electrons. The van der Waals surface area contributed by atoms with Crippen molar-refractivity contribution in [3.8, 4) is 0 Å². The van der Waals surface area contributed by atoms with Gasteiger partial charge in [-0.2, -0.15) is 0 Å². The summed E-state index contributed by atoms with van der Waals surface area (Å²) in [4.78, 5) is 26.9. The van der Waals surface area contributed by atoms with E-state index in [1.807, 2.05) is 4.90 Å². The summed E-state index contributed by atoms with van der Waals surface area (Å²) in [6.45, 7) is 1.68. The predicted octanol–water partition coefficient (Wildman–Crippen LogP) is 3.79. The van der Waals surface area contributed by atoms with E-state index < -0.39 is 21.7 Å². The van der Waals surface area contributed by atoms with Crippen molar-refractivity contribution in [2.24, 2.45) is 0 Å². The van der Waals surface area contributed by atoms with Crippen LogP contribution in [-0.2, 0) is 16.6 Å². The van der Waals surface area contributed by atoms with Crippen LogP contribution in [0.5, 0.6) is 0 Å². The molecule has 3 aromatic carbocycles. The highest BCUT2D eigenvalue weighted by molar-refractivity contribution is 7.92. The second-order valence-corrected chi connectivity index (χ2v) is 9.68. The molecule has 1 heterocycles. The molecule has 0 unspecified atom stereocenters. The Labute approximate surface area is 197 Å². The van der Waals surface area contributed by atoms with Gasteiger partial charge in [0.05, 0.1) is 10.6 Å². The van der Waals surface area contributed by atoms with E-state index in [0.717, 1.165) is 37.6 Å². The highest BCUT2D eigenvalue weighted by atomic mass is 32.2. The average Bonchev–Trinajstić information content (AvgIpc) is 3.39. The second-order valence-electron chi connectivity index (χ2n) is 8.00. The van der Waals surface area contributed by atoms with Crippen LogP contribution in [0.4, 0.5) is 10.1 Å². The zero-order valence-electron chi connectivity index (χ0n) is 18.3. The normalized spacial score (nSPS) is 13.5. The molecule has 34 heavy (non-hydrogen) atoms. The Morgan fingerprint density at radius 3 is 2.35 bits per heavy atom. The third kappa shape index (κ3) is 5.43. The van der Waals surface area contributed by atoms with E-state index >= 15 is 0 Å². The van der Waals surface area contributed by atoms with E-state index in [1.165, 1.54) is 42.5 Å². The molecule has 1 aliphatic heterocycles. The number of amides is 2. The SMILES string of the molecule is O=C(NCc1cccc(C(=O)N2CCCC2)c1)c1cccc(S(=O)(=O)Nc2ccccc2F)c1. The first kappa shape index (κ1) is 23.4. The van der Waals surface area contributed by atoms with Gasteiger partial charge < -0.3 is 10.2 Å². The highest BCUT2D eigenvalue weighted by Crippen LogP contribution is 2.20. The van der Waals surface area contributed by atoms with Crippen molar-refractivity contribution in [3.63, 3.8) is 0 Å². The van der Waals surface area contributed by atoms with E-state index in [2.05, 4.69) is 10.0 Å². The molecule has 7 nitrogen and oxygen atoms in total. The van der Waals surface area contributed by atoms with Gasteiger partial charge in [0.15, 0.2) is 0 Å². The van der Waals surface area contributed by atoms with Gasteiger partial charge in [0.1, 0.15) is 5.82 Å². The molecule has 176 valence electrons. The minimum absolute atomic E-state index is 0.0223. The molecule has 0 saturated carbocycles. The fourth-order valence-corrected chi connectivity index (χ4v) is 4.87. The molecule has 2 N–H and O–H groups in total. The first-order valence-electron chi connectivity index (χ1n) is 10.9. The Hall–Kier alpha value is -3.72. The standard InChI is InChI=1S/C25H24FN3O4S/c26-22-11-1-2-12-23(22)28-34(32,33)21-10-6-8-19(16-21)24(30)27-17-18-7-5-9-20(15-18)25(31)29-13-3-4-14-29/h1-2,5-12,15-16,28H,3-4,13-14,17H2,(H,27,30). The number of hydrogen-bond acceptors (Lipinski definition) is 4. The monoisotopic (exact) mass is 481 g/mol. The molecule has 0 aromatic heterocycles. The number of para-hydroxylation sites is 1. The van der Waals surface area contributed by atoms with Crippen LogP contribution >= 0.6 is 0 Å². The summed E-state index contributed by atoms with van der Waals surface area (Å²) in [5.41, 5.74) is 1.28. The molecule has 1 aliphatic rings. The lowest BCUT2D eigenvalue weighted by molar-refractivity contribution is 0.0792. The minimum atomic E-state index is -4.09. The number of sulfonamides is 1. The Balaban J connectivity index is 1.43. The summed E-state index contributed by atoms with van der Waals surface area (Å²) >= 11 is 0. The zero-order valence-corrected chi connectivity index (χ0v) is 19.1. The maximum absolute atomic E-state index is 13.9. The largest absolute Gasteiger partial charge is 0.348 e. The molecule has 4 rings (SSSR count). The lowest BCUT2D eigenvalue weighted by atomic mass is 10.1. The number of carbonyl (C=O) groups is 2. The van der Waals surface area contributed by atoms with Crippen molar-refractivity contribution in [2.75, 3.05) is 17.8 Å². The van der Waals surface area contributed by atoms with Crippen LogP contribution in [0.25, 0.3) is 0 Å². The van der Waals surface area contributed by atoms with E-state index in [-0.39, 0.29) is 28.6 Å². The van der Waals surface area contributed by atoms with Crippen molar-refractivity contribution < 1.29 is 22.4 Å². The number of nitrogens with one attached hydrogen (secondary N) is 2. The lowest BCUT2D eigenvalue weighted by Gasteiger charge is -2.15. The summed E-state index contributed by atoms with van der Waals surface area (Å²) in [6, 6.07) is 18.0. The number of nitrogens with zero attached hydrogens (tertiary/aromatic N) is 1. The molecule has 0 bridgehead atoms. The van der Waals surface area contributed by atoms with E-state index in [4.69, 9.17) is 0 Å². The van der Waals surface area contributed by atoms with Gasteiger partial charge in [0, 0.05) is 30.8 Å². The van der Waals surface area contributed by atoms with Crippen LogP contribution in [0.1, 0.15) is 39.1 Å². The van der Waals surface area contributed by atoms with Gasteiger partial charge in [-0.25, -0.2) is 12.8 Å². The third-order valence-electron chi connectivity index (χ3n) is 5.54. The summed E-state index contributed by atoms with van der Waals surface area (Å²) in [6.07, 6.45) is 2.01. The number of likely N-dealkylation sites (tertiary alicyclic amines) is 1. The summed E-state index contributed by atoms with van der Waals surface area (Å²) in [5.74, 6) is -1.20. The first-order valence-corrected chi connectivity index (χ1v) is 12.4. The molecule has 3 aromatic rings. The van der Waals surface area contributed by atoms with E-state index in [0.29, 0.717) is 5.56 Å². The molecule has 0 spiro atoms. The smallest absolute Gasteiger partial charge is 0.262 e. The van der Waals surface area contributed by atoms with Crippen LogP contribution in [0.15, 0.2) is 77.7 Å². The van der Waals surface area contributed by atoms with Crippen LogP contribution in [-0.4, -0.2) is 38.2 Å². The Kier molecular flexibility index (Phi) is 6.93. The second kappa shape index (κ2) is 10.0. The number of rotatable bonds is 7. The van der Waals surface area contributed by atoms with Gasteiger partial charge in [-0.15, -0.1) is 0 Å². The third-order valence-corrected chi connectivity index (χ3v) is 6.91. The molecule has 1 saturated heterocycles. The van der Waals surface area contributed by atoms with Crippen molar-refractivity contribution in [2.45, 2.75) is 24.3 Å². The average molecular weight is 482 g/mol. The summed E-state index contributed by atoms with van der Waals surface area (Å²) < 4.78 is 41.4. The minimum Gasteiger partial charge on any atom is -0.348 e. The van der Waals surface area contributed by atoms with Crippen LogP contribution in [0.2, 0.25) is 0 Å². The molecule has 0 aliphatic carbocycles. The van der Waals surface area contributed by atoms with Crippen molar-refractivity contribution >= 4 is 27.5 Å². The van der Waals surface area contributed by atoms with Gasteiger partial charge in [-0.1, -0.05) is 30.3 Å². The number of carbonyl (C=O) groups excluding carboxylic acids is 2. The van der Waals surface area contributed by atoms with Gasteiger partial charge in [0.25, 0.3) is 21.8 Å². The Morgan fingerprint density at radius 1 is 0.882 bits per heavy atom. The van der Waals surface area contributed by atoms with Crippen molar-refractivity contribution in [3.05, 3.63) is 95.3 Å². The highest BCUT2D eigenvalue weighted by Gasteiger charge is 2.20. The van der Waals surface area contributed by atoms with E-state index in [1.54, 1.807) is 24.3 Å². The molecular weight excluding hydrogens is 457 g/mol. The zero-order chi connectivity index (χ0) is 24.1. The van der Waals surface area contributed by atoms with Gasteiger partial charge in [-0.05, 0) is 60.9 Å². The van der Waals surface area contributed by atoms with Crippen molar-refractivity contribution in [1.29, 1.82) is 0 Å². The Bertz CT molecular complexity index is 1320. The summed E-state index contributed by atoms with van der Waals surface area (Å²) in [7, 11) is -4.09. The number of benzene rings is 3. The Morgan fingerprint density at radius 2 is 1.59 bits per heavy atom. The fourth-order valence-electron chi connectivity index (χ4n) is 3.75. The van der Waals surface area contributed by atoms with Gasteiger partial charge in [0.2, 0.25) is 0 Å². The lowest BCUT2D eigenvalue weighted by Crippen LogP contribution is -2.28. The first-order chi connectivity index (χ1) is 16.3. The number of halogens is 1. The van der Waals surface area contributed by atoms with Crippen LogP contribution < -0.4 is 10.0 Å². The quantitative estimate of drug-likeness (QED) is 0.537. The maximum Gasteiger partial charge on any atom is 0.262 e. The van der Waals surface area contributed by atoms with E-state index in [9.17, 15) is 22.4 Å². The molecule has 2 amide bonds. The predicted molar refractivity (Wildman–Crippen MR) is 126 cm³/mol. The fraction of sp³-hybridized carbons (Fsp3) is 0.200. The molecule has 0 atom stereocenters. The van der Waals surface area contributed by atoms with Gasteiger partial charge >= 0.3 is 0 Å². The summed E-state index contributed by atoms with van der Waals surface area (Å²) in [5, 5.41) is 2.75. The van der Waals surface area contributed by atoms with Crippen LogP contribution in [0.3, 0.4) is 0 Å². The molecule has 1 fully saturated rings.